The van der Waals surface area contributed by atoms with Gasteiger partial charge in [0, 0.05) is 0 Å². The zero-order chi connectivity index (χ0) is 15.9. The first-order chi connectivity index (χ1) is 9.81. The van der Waals surface area contributed by atoms with Crippen LogP contribution in [0.5, 0.6) is 0 Å². The van der Waals surface area contributed by atoms with Crippen molar-refractivity contribution in [2.24, 2.45) is 0 Å². The van der Waals surface area contributed by atoms with Gasteiger partial charge in [0.1, 0.15) is 5.60 Å². The van der Waals surface area contributed by atoms with Crippen LogP contribution in [0.15, 0.2) is 30.3 Å². The number of nitrogens with one attached hydrogen (secondary N) is 1. The molecule has 0 aliphatic carbocycles. The van der Waals surface area contributed by atoms with Crippen molar-refractivity contribution in [1.29, 1.82) is 0 Å². The number of benzene rings is 1. The van der Waals surface area contributed by atoms with Gasteiger partial charge >= 0.3 is 6.09 Å². The van der Waals surface area contributed by atoms with E-state index in [9.17, 15) is 9.90 Å². The topological polar surface area (TPSA) is 67.8 Å². The highest BCUT2D eigenvalue weighted by atomic mass is 16.6. The third-order valence-electron chi connectivity index (χ3n) is 2.82. The average molecular weight is 295 g/mol. The van der Waals surface area contributed by atoms with E-state index in [2.05, 4.69) is 5.32 Å². The van der Waals surface area contributed by atoms with E-state index in [-0.39, 0.29) is 12.7 Å². The Bertz CT molecular complexity index is 428. The van der Waals surface area contributed by atoms with Crippen LogP contribution in [0.25, 0.3) is 0 Å². The number of carbonyl (C=O) groups is 1. The van der Waals surface area contributed by atoms with E-state index in [0.29, 0.717) is 6.61 Å². The molecule has 1 amide bonds. The van der Waals surface area contributed by atoms with E-state index in [1.807, 2.05) is 30.3 Å². The van der Waals surface area contributed by atoms with Crippen molar-refractivity contribution in [3.63, 3.8) is 0 Å². The van der Waals surface area contributed by atoms with Crippen LogP contribution in [0.1, 0.15) is 33.3 Å². The minimum Gasteiger partial charge on any atom is -0.444 e. The third-order valence-corrected chi connectivity index (χ3v) is 2.82. The molecule has 21 heavy (non-hydrogen) atoms. The van der Waals surface area contributed by atoms with Crippen LogP contribution in [0.4, 0.5) is 4.79 Å². The molecular formula is C16H25NO4. The molecule has 2 N–H and O–H groups in total. The Hall–Kier alpha value is -1.59. The van der Waals surface area contributed by atoms with Gasteiger partial charge in [-0.2, -0.15) is 0 Å². The maximum atomic E-state index is 11.7. The van der Waals surface area contributed by atoms with Gasteiger partial charge in [0.05, 0.1) is 25.4 Å². The minimum absolute atomic E-state index is 0.213. The molecule has 0 radical (unpaired) electrons. The molecule has 0 saturated carbocycles. The molecule has 2 atom stereocenters. The summed E-state index contributed by atoms with van der Waals surface area (Å²) in [5.74, 6) is 0. The fraction of sp³-hybridized carbons (Fsp3) is 0.562. The fourth-order valence-corrected chi connectivity index (χ4v) is 1.69. The lowest BCUT2D eigenvalue weighted by molar-refractivity contribution is 0.00227. The third kappa shape index (κ3) is 7.11. The molecule has 0 fully saturated rings. The first-order valence-electron chi connectivity index (χ1n) is 7.07. The molecule has 5 heteroatoms. The quantitative estimate of drug-likeness (QED) is 0.846. The summed E-state index contributed by atoms with van der Waals surface area (Å²) in [6.07, 6.45) is -0.889. The number of ether oxygens (including phenoxy) is 2. The zero-order valence-electron chi connectivity index (χ0n) is 13.1. The Morgan fingerprint density at radius 1 is 1.29 bits per heavy atom. The summed E-state index contributed by atoms with van der Waals surface area (Å²) in [6, 6.07) is 9.22. The second-order valence-electron chi connectivity index (χ2n) is 5.94. The molecule has 1 unspecified atom stereocenters. The molecular weight excluding hydrogens is 270 g/mol. The number of alkyl carbamates (subject to hydrolysis) is 1. The van der Waals surface area contributed by atoms with Crippen LogP contribution in [0.3, 0.4) is 0 Å². The average Bonchev–Trinajstić information content (AvgIpc) is 2.41. The van der Waals surface area contributed by atoms with Crippen LogP contribution < -0.4 is 5.32 Å². The van der Waals surface area contributed by atoms with Gasteiger partial charge in [-0.1, -0.05) is 30.3 Å². The van der Waals surface area contributed by atoms with Gasteiger partial charge in [0.2, 0.25) is 0 Å². The molecule has 0 heterocycles. The summed E-state index contributed by atoms with van der Waals surface area (Å²) in [7, 11) is 0. The highest BCUT2D eigenvalue weighted by Gasteiger charge is 2.23. The summed E-state index contributed by atoms with van der Waals surface area (Å²) < 4.78 is 10.8. The minimum atomic E-state index is -0.571. The molecule has 0 aromatic heterocycles. The smallest absolute Gasteiger partial charge is 0.408 e. The molecule has 0 saturated heterocycles. The van der Waals surface area contributed by atoms with E-state index in [1.54, 1.807) is 27.7 Å². The summed E-state index contributed by atoms with van der Waals surface area (Å²) in [5, 5.41) is 12.0. The van der Waals surface area contributed by atoms with E-state index in [0.717, 1.165) is 5.56 Å². The number of hydrogen-bond acceptors (Lipinski definition) is 4. The van der Waals surface area contributed by atoms with Crippen molar-refractivity contribution in [3.05, 3.63) is 35.9 Å². The molecule has 0 bridgehead atoms. The molecule has 0 aliphatic rings. The molecule has 1 aromatic rings. The number of aliphatic hydroxyl groups excluding tert-OH is 1. The molecule has 0 aliphatic heterocycles. The summed E-state index contributed by atoms with van der Waals surface area (Å²) >= 11 is 0. The normalized spacial score (nSPS) is 14.3. The van der Waals surface area contributed by atoms with Crippen LogP contribution in [-0.2, 0) is 16.1 Å². The number of rotatable bonds is 6. The zero-order valence-corrected chi connectivity index (χ0v) is 13.1. The Kier molecular flexibility index (Phi) is 6.65. The lowest BCUT2D eigenvalue weighted by atomic mass is 10.2. The monoisotopic (exact) mass is 295 g/mol. The Labute approximate surface area is 126 Å². The van der Waals surface area contributed by atoms with E-state index < -0.39 is 17.7 Å². The fourth-order valence-electron chi connectivity index (χ4n) is 1.69. The molecule has 5 nitrogen and oxygen atoms in total. The standard InChI is InChI=1S/C16H25NO4/c1-12(20-11-13-8-6-5-7-9-13)14(10-18)17-15(19)21-16(2,3)4/h5-9,12,14,18H,10-11H2,1-4H3,(H,17,19)/t12-,14?/m0/s1. The summed E-state index contributed by atoms with van der Waals surface area (Å²) in [6.45, 7) is 7.38. The van der Waals surface area contributed by atoms with Gasteiger partial charge < -0.3 is 19.9 Å². The summed E-state index contributed by atoms with van der Waals surface area (Å²) in [5.41, 5.74) is 0.469. The SMILES string of the molecule is C[C@H](OCc1ccccc1)C(CO)NC(=O)OC(C)(C)C. The lowest BCUT2D eigenvalue weighted by Gasteiger charge is -2.26. The maximum Gasteiger partial charge on any atom is 0.408 e. The maximum absolute atomic E-state index is 11.7. The van der Waals surface area contributed by atoms with Gasteiger partial charge in [-0.05, 0) is 33.3 Å². The number of hydrogen-bond donors (Lipinski definition) is 2. The van der Waals surface area contributed by atoms with Gasteiger partial charge in [-0.15, -0.1) is 0 Å². The largest absolute Gasteiger partial charge is 0.444 e. The Balaban J connectivity index is 2.45. The van der Waals surface area contributed by atoms with Gasteiger partial charge in [0.25, 0.3) is 0 Å². The van der Waals surface area contributed by atoms with Crippen molar-refractivity contribution in [3.8, 4) is 0 Å². The van der Waals surface area contributed by atoms with Crippen LogP contribution in [0, 0.1) is 0 Å². The number of aliphatic hydroxyl groups is 1. The summed E-state index contributed by atoms with van der Waals surface area (Å²) in [4.78, 5) is 11.7. The molecule has 0 spiro atoms. The van der Waals surface area contributed by atoms with E-state index in [4.69, 9.17) is 9.47 Å². The molecule has 1 rings (SSSR count). The van der Waals surface area contributed by atoms with Crippen LogP contribution >= 0.6 is 0 Å². The van der Waals surface area contributed by atoms with Gasteiger partial charge in [0.15, 0.2) is 0 Å². The van der Waals surface area contributed by atoms with Crippen LogP contribution in [0.2, 0.25) is 0 Å². The second kappa shape index (κ2) is 8.00. The van der Waals surface area contributed by atoms with Crippen molar-refractivity contribution < 1.29 is 19.4 Å². The van der Waals surface area contributed by atoms with Crippen molar-refractivity contribution >= 4 is 6.09 Å². The lowest BCUT2D eigenvalue weighted by Crippen LogP contribution is -2.47. The predicted octanol–water partition coefficient (Wildman–Crippen LogP) is 2.48. The van der Waals surface area contributed by atoms with Crippen LogP contribution in [-0.4, -0.2) is 35.6 Å². The highest BCUT2D eigenvalue weighted by molar-refractivity contribution is 5.68. The van der Waals surface area contributed by atoms with Crippen molar-refractivity contribution in [1.82, 2.24) is 5.32 Å². The highest BCUT2D eigenvalue weighted by Crippen LogP contribution is 2.09. The number of carbonyl (C=O) groups excluding carboxylic acids is 1. The Morgan fingerprint density at radius 3 is 2.43 bits per heavy atom. The van der Waals surface area contributed by atoms with Crippen molar-refractivity contribution in [2.45, 2.75) is 52.0 Å². The van der Waals surface area contributed by atoms with Gasteiger partial charge in [-0.25, -0.2) is 4.79 Å². The molecule has 1 aromatic carbocycles. The predicted molar refractivity (Wildman–Crippen MR) is 80.9 cm³/mol. The molecule has 118 valence electrons. The van der Waals surface area contributed by atoms with E-state index >= 15 is 0 Å². The van der Waals surface area contributed by atoms with E-state index in [1.165, 1.54) is 0 Å². The Morgan fingerprint density at radius 2 is 1.90 bits per heavy atom. The van der Waals surface area contributed by atoms with Gasteiger partial charge in [-0.3, -0.25) is 0 Å². The number of amides is 1. The first-order valence-corrected chi connectivity index (χ1v) is 7.07. The van der Waals surface area contributed by atoms with Crippen molar-refractivity contribution in [2.75, 3.05) is 6.61 Å². The second-order valence-corrected chi connectivity index (χ2v) is 5.94. The first kappa shape index (κ1) is 17.5.